The maximum Gasteiger partial charge on any atom is 0.323 e. The summed E-state index contributed by atoms with van der Waals surface area (Å²) in [4.78, 5) is 36.5. The molecule has 0 unspecified atom stereocenters. The van der Waals surface area contributed by atoms with E-state index in [1.165, 1.54) is 22.8 Å². The van der Waals surface area contributed by atoms with Gasteiger partial charge in [-0.2, -0.15) is 0 Å². The van der Waals surface area contributed by atoms with Crippen LogP contribution in [-0.4, -0.2) is 44.5 Å². The topological polar surface area (TPSA) is 106 Å². The van der Waals surface area contributed by atoms with E-state index in [1.54, 1.807) is 4.90 Å². The van der Waals surface area contributed by atoms with Crippen LogP contribution in [0.5, 0.6) is 0 Å². The molecule has 8 nitrogen and oxygen atoms in total. The molecule has 8 heteroatoms. The maximum absolute atomic E-state index is 12.9. The molecule has 0 saturated heterocycles. The number of hydrogen-bond acceptors (Lipinski definition) is 4. The Balaban J connectivity index is 2.17. The van der Waals surface area contributed by atoms with Gasteiger partial charge in [-0.25, -0.2) is 0 Å². The van der Waals surface area contributed by atoms with E-state index in [2.05, 4.69) is 0 Å². The summed E-state index contributed by atoms with van der Waals surface area (Å²) < 4.78 is 1.47. The maximum atomic E-state index is 12.9. The van der Waals surface area contributed by atoms with Crippen LogP contribution in [0.15, 0.2) is 18.2 Å². The first-order valence-corrected chi connectivity index (χ1v) is 8.24. The van der Waals surface area contributed by atoms with Crippen molar-refractivity contribution in [2.75, 3.05) is 13.1 Å². The third-order valence-electron chi connectivity index (χ3n) is 4.56. The summed E-state index contributed by atoms with van der Waals surface area (Å²) in [5, 5.41) is 20.9. The number of non-ortho nitro benzene ring substituents is 1. The summed E-state index contributed by atoms with van der Waals surface area (Å²) in [7, 11) is 0. The average molecular weight is 345 g/mol. The minimum absolute atomic E-state index is 0.0661. The lowest BCUT2D eigenvalue weighted by atomic mass is 10.0. The summed E-state index contributed by atoms with van der Waals surface area (Å²) in [6, 6.07) is 4.30. The number of aromatic nitrogens is 1. The lowest BCUT2D eigenvalue weighted by molar-refractivity contribution is -0.384. The van der Waals surface area contributed by atoms with Crippen molar-refractivity contribution in [3.05, 3.63) is 39.6 Å². The van der Waals surface area contributed by atoms with E-state index in [9.17, 15) is 24.8 Å². The number of carbonyl (C=O) groups excluding carboxylic acids is 1. The van der Waals surface area contributed by atoms with Crippen LogP contribution < -0.4 is 0 Å². The third-order valence-corrected chi connectivity index (χ3v) is 4.56. The van der Waals surface area contributed by atoms with Gasteiger partial charge in [0, 0.05) is 36.1 Å². The molecule has 1 aromatic carbocycles. The zero-order chi connectivity index (χ0) is 18.1. The third kappa shape index (κ3) is 2.95. The molecule has 3 rings (SSSR count). The van der Waals surface area contributed by atoms with Crippen molar-refractivity contribution in [2.24, 2.45) is 0 Å². The second-order valence-electron chi connectivity index (χ2n) is 6.16. The predicted molar refractivity (Wildman–Crippen MR) is 90.7 cm³/mol. The molecule has 1 aromatic heterocycles. The zero-order valence-corrected chi connectivity index (χ0v) is 13.9. The second kappa shape index (κ2) is 6.54. The molecule has 2 aromatic rings. The van der Waals surface area contributed by atoms with Gasteiger partial charge in [-0.1, -0.05) is 13.3 Å². The Morgan fingerprint density at radius 1 is 1.40 bits per heavy atom. The summed E-state index contributed by atoms with van der Waals surface area (Å²) in [6.07, 6.45) is 2.40. The van der Waals surface area contributed by atoms with E-state index in [1.807, 2.05) is 6.92 Å². The smallest absolute Gasteiger partial charge is 0.323 e. The molecule has 1 aliphatic heterocycles. The van der Waals surface area contributed by atoms with Gasteiger partial charge in [0.1, 0.15) is 12.2 Å². The van der Waals surface area contributed by atoms with Gasteiger partial charge in [0.2, 0.25) is 0 Å². The molecule has 2 heterocycles. The molecule has 25 heavy (non-hydrogen) atoms. The summed E-state index contributed by atoms with van der Waals surface area (Å²) in [5.41, 5.74) is 1.53. The van der Waals surface area contributed by atoms with Crippen molar-refractivity contribution < 1.29 is 19.6 Å². The van der Waals surface area contributed by atoms with E-state index in [0.29, 0.717) is 41.7 Å². The van der Waals surface area contributed by atoms with Crippen molar-refractivity contribution in [1.82, 2.24) is 9.47 Å². The van der Waals surface area contributed by atoms with Gasteiger partial charge >= 0.3 is 5.97 Å². The van der Waals surface area contributed by atoms with E-state index < -0.39 is 10.9 Å². The van der Waals surface area contributed by atoms with Crippen LogP contribution in [0.25, 0.3) is 10.9 Å². The number of nitro benzene ring substituents is 1. The molecule has 0 spiro atoms. The van der Waals surface area contributed by atoms with Crippen LogP contribution in [0.3, 0.4) is 0 Å². The number of carboxylic acid groups (broad SMARTS) is 1. The zero-order valence-electron chi connectivity index (χ0n) is 13.9. The Kier molecular flexibility index (Phi) is 4.43. The van der Waals surface area contributed by atoms with Crippen LogP contribution in [0.4, 0.5) is 5.69 Å². The number of aliphatic carboxylic acids is 1. The first-order chi connectivity index (χ1) is 11.9. The predicted octanol–water partition coefficient (Wildman–Crippen LogP) is 2.43. The number of fused-ring (bicyclic) bond motifs is 3. The quantitative estimate of drug-likeness (QED) is 0.639. The van der Waals surface area contributed by atoms with Crippen LogP contribution in [-0.2, 0) is 17.8 Å². The molecular weight excluding hydrogens is 326 g/mol. The fourth-order valence-corrected chi connectivity index (χ4v) is 3.38. The van der Waals surface area contributed by atoms with E-state index >= 15 is 0 Å². The molecule has 1 amide bonds. The van der Waals surface area contributed by atoms with E-state index in [0.717, 1.165) is 12.8 Å². The Labute approximate surface area is 143 Å². The normalized spacial score (nSPS) is 14.0. The highest BCUT2D eigenvalue weighted by Gasteiger charge is 2.31. The molecule has 1 N–H and O–H groups in total. The number of benzene rings is 1. The number of rotatable bonds is 6. The number of carbonyl (C=O) groups is 2. The molecule has 0 aliphatic carbocycles. The lowest BCUT2D eigenvalue weighted by Gasteiger charge is -2.28. The van der Waals surface area contributed by atoms with Crippen molar-refractivity contribution in [3.8, 4) is 0 Å². The monoisotopic (exact) mass is 345 g/mol. The minimum atomic E-state index is -1.06. The molecule has 0 bridgehead atoms. The summed E-state index contributed by atoms with van der Waals surface area (Å²) in [6.45, 7) is 2.86. The molecule has 1 aliphatic rings. The van der Waals surface area contributed by atoms with Gasteiger partial charge in [-0.05, 0) is 24.5 Å². The lowest BCUT2D eigenvalue weighted by Crippen LogP contribution is -2.39. The number of carboxylic acids is 1. The Hall–Kier alpha value is -2.90. The van der Waals surface area contributed by atoms with Gasteiger partial charge in [-0.15, -0.1) is 0 Å². The number of unbranched alkanes of at least 4 members (excludes halogenated alkanes) is 1. The second-order valence-corrected chi connectivity index (χ2v) is 6.16. The van der Waals surface area contributed by atoms with Crippen LogP contribution in [0.2, 0.25) is 0 Å². The summed E-state index contributed by atoms with van der Waals surface area (Å²) >= 11 is 0. The number of amides is 1. The Morgan fingerprint density at radius 2 is 2.16 bits per heavy atom. The molecule has 0 atom stereocenters. The highest BCUT2D eigenvalue weighted by Crippen LogP contribution is 2.33. The summed E-state index contributed by atoms with van der Waals surface area (Å²) in [5.74, 6) is -1.26. The van der Waals surface area contributed by atoms with Crippen molar-refractivity contribution >= 4 is 28.5 Å². The number of hydrogen-bond donors (Lipinski definition) is 1. The largest absolute Gasteiger partial charge is 0.480 e. The fourth-order valence-electron chi connectivity index (χ4n) is 3.38. The molecule has 0 saturated carbocycles. The van der Waals surface area contributed by atoms with Gasteiger partial charge < -0.3 is 14.6 Å². The van der Waals surface area contributed by atoms with Gasteiger partial charge in [0.05, 0.1) is 4.92 Å². The fraction of sp³-hybridized carbons (Fsp3) is 0.412. The van der Waals surface area contributed by atoms with Gasteiger partial charge in [-0.3, -0.25) is 19.7 Å². The SMILES string of the molecule is CCCCN1CCc2c(n(CC(=O)O)c3ccc([N+](=O)[O-])cc23)C1=O. The highest BCUT2D eigenvalue weighted by atomic mass is 16.6. The Bertz CT molecular complexity index is 871. The van der Waals surface area contributed by atoms with E-state index in [-0.39, 0.29) is 18.1 Å². The standard InChI is InChI=1S/C17H19N3O5/c1-2-3-7-18-8-6-12-13-9-11(20(24)25)4-5-14(13)19(10-15(21)22)16(12)17(18)23/h4-5,9H,2-3,6-8,10H2,1H3,(H,21,22). The Morgan fingerprint density at radius 3 is 2.80 bits per heavy atom. The van der Waals surface area contributed by atoms with Crippen molar-refractivity contribution in [1.29, 1.82) is 0 Å². The average Bonchev–Trinajstić information content (AvgIpc) is 2.88. The van der Waals surface area contributed by atoms with Crippen LogP contribution >= 0.6 is 0 Å². The van der Waals surface area contributed by atoms with Crippen molar-refractivity contribution in [3.63, 3.8) is 0 Å². The molecule has 0 radical (unpaired) electrons. The van der Waals surface area contributed by atoms with Crippen LogP contribution in [0.1, 0.15) is 35.8 Å². The molecule has 0 fully saturated rings. The minimum Gasteiger partial charge on any atom is -0.480 e. The van der Waals surface area contributed by atoms with E-state index in [4.69, 9.17) is 0 Å². The van der Waals surface area contributed by atoms with Gasteiger partial charge in [0.15, 0.2) is 0 Å². The van der Waals surface area contributed by atoms with Crippen molar-refractivity contribution in [2.45, 2.75) is 32.7 Å². The molecule has 132 valence electrons. The number of nitrogens with zero attached hydrogens (tertiary/aromatic N) is 3. The molecular formula is C17H19N3O5. The van der Waals surface area contributed by atoms with Crippen LogP contribution in [0, 0.1) is 10.1 Å². The first-order valence-electron chi connectivity index (χ1n) is 8.24. The van der Waals surface area contributed by atoms with Gasteiger partial charge in [0.25, 0.3) is 11.6 Å². The first kappa shape index (κ1) is 16.9. The highest BCUT2D eigenvalue weighted by molar-refractivity contribution is 6.03. The number of nitro groups is 1.